The fourth-order valence-corrected chi connectivity index (χ4v) is 2.11. The van der Waals surface area contributed by atoms with Gasteiger partial charge in [0.1, 0.15) is 5.56 Å². The third-order valence-electron chi connectivity index (χ3n) is 2.70. The number of aromatic amines is 1. The molecule has 6 heteroatoms. The van der Waals surface area contributed by atoms with Crippen LogP contribution in [0.1, 0.15) is 15.9 Å². The summed E-state index contributed by atoms with van der Waals surface area (Å²) in [6.07, 6.45) is 1.97. The molecule has 0 fully saturated rings. The number of carbonyl (C=O) groups is 1. The lowest BCUT2D eigenvalue weighted by molar-refractivity contribution is 0.0952. The van der Waals surface area contributed by atoms with Crippen molar-refractivity contribution in [3.8, 4) is 0 Å². The van der Waals surface area contributed by atoms with Crippen molar-refractivity contribution in [3.63, 3.8) is 0 Å². The van der Waals surface area contributed by atoms with E-state index in [-0.39, 0.29) is 5.56 Å². The Balaban J connectivity index is 1.96. The van der Waals surface area contributed by atoms with Gasteiger partial charge in [-0.05, 0) is 30.2 Å². The van der Waals surface area contributed by atoms with Crippen LogP contribution in [-0.2, 0) is 6.42 Å². The molecule has 1 aromatic carbocycles. The number of hydrogen-bond acceptors (Lipinski definition) is 2. The van der Waals surface area contributed by atoms with E-state index in [2.05, 4.69) is 10.3 Å². The normalized spacial score (nSPS) is 10.3. The number of pyridine rings is 1. The van der Waals surface area contributed by atoms with Crippen LogP contribution in [-0.4, -0.2) is 17.4 Å². The van der Waals surface area contributed by atoms with E-state index in [9.17, 15) is 9.59 Å². The van der Waals surface area contributed by atoms with Gasteiger partial charge in [0.15, 0.2) is 0 Å². The van der Waals surface area contributed by atoms with E-state index in [0.717, 1.165) is 5.56 Å². The summed E-state index contributed by atoms with van der Waals surface area (Å²) in [5, 5.41) is 3.64. The summed E-state index contributed by atoms with van der Waals surface area (Å²) >= 11 is 11.6. The number of nitrogens with one attached hydrogen (secondary N) is 2. The predicted octanol–water partition coefficient (Wildman–Crippen LogP) is 2.65. The SMILES string of the molecule is O=C(NCCc1cccc(Cl)c1)c1cc(Cl)c[nH]c1=O. The number of rotatable bonds is 4. The van der Waals surface area contributed by atoms with Crippen molar-refractivity contribution in [1.82, 2.24) is 10.3 Å². The Labute approximate surface area is 125 Å². The Morgan fingerprint density at radius 1 is 1.20 bits per heavy atom. The van der Waals surface area contributed by atoms with Gasteiger partial charge in [0.25, 0.3) is 11.5 Å². The predicted molar refractivity (Wildman–Crippen MR) is 79.6 cm³/mol. The standard InChI is InChI=1S/C14H12Cl2N2O2/c15-10-3-1-2-9(6-10)4-5-17-13(19)12-7-11(16)8-18-14(12)20/h1-3,6-8H,4-5H2,(H,17,19)(H,18,20). The van der Waals surface area contributed by atoms with E-state index in [1.54, 1.807) is 6.07 Å². The lowest BCUT2D eigenvalue weighted by atomic mass is 10.1. The summed E-state index contributed by atoms with van der Waals surface area (Å²) in [6.45, 7) is 0.408. The van der Waals surface area contributed by atoms with E-state index >= 15 is 0 Å². The highest BCUT2D eigenvalue weighted by molar-refractivity contribution is 6.31. The largest absolute Gasteiger partial charge is 0.352 e. The van der Waals surface area contributed by atoms with Gasteiger partial charge in [-0.1, -0.05) is 35.3 Å². The molecule has 0 atom stereocenters. The molecular formula is C14H12Cl2N2O2. The monoisotopic (exact) mass is 310 g/mol. The second kappa shape index (κ2) is 6.59. The zero-order valence-corrected chi connectivity index (χ0v) is 12.0. The Bertz CT molecular complexity index is 683. The smallest absolute Gasteiger partial charge is 0.260 e. The number of amides is 1. The van der Waals surface area contributed by atoms with Crippen LogP contribution in [0.2, 0.25) is 10.0 Å². The Kier molecular flexibility index (Phi) is 4.82. The second-order valence-electron chi connectivity index (χ2n) is 4.20. The number of benzene rings is 1. The molecule has 20 heavy (non-hydrogen) atoms. The fourth-order valence-electron chi connectivity index (χ4n) is 1.73. The molecule has 1 heterocycles. The van der Waals surface area contributed by atoms with E-state index in [1.807, 2.05) is 18.2 Å². The molecule has 2 rings (SSSR count). The average Bonchev–Trinajstić information content (AvgIpc) is 2.41. The summed E-state index contributed by atoms with van der Waals surface area (Å²) in [7, 11) is 0. The van der Waals surface area contributed by atoms with Gasteiger partial charge in [-0.3, -0.25) is 9.59 Å². The first-order chi connectivity index (χ1) is 9.56. The van der Waals surface area contributed by atoms with Gasteiger partial charge in [-0.25, -0.2) is 0 Å². The van der Waals surface area contributed by atoms with Crippen molar-refractivity contribution in [2.24, 2.45) is 0 Å². The Morgan fingerprint density at radius 2 is 2.00 bits per heavy atom. The van der Waals surface area contributed by atoms with E-state index in [1.165, 1.54) is 12.3 Å². The Morgan fingerprint density at radius 3 is 2.75 bits per heavy atom. The summed E-state index contributed by atoms with van der Waals surface area (Å²) in [6, 6.07) is 8.73. The van der Waals surface area contributed by atoms with E-state index in [0.29, 0.717) is 23.0 Å². The van der Waals surface area contributed by atoms with Crippen LogP contribution in [0.3, 0.4) is 0 Å². The maximum atomic E-state index is 11.9. The molecule has 0 saturated carbocycles. The topological polar surface area (TPSA) is 62.0 Å². The van der Waals surface area contributed by atoms with Gasteiger partial charge in [0.2, 0.25) is 0 Å². The summed E-state index contributed by atoms with van der Waals surface area (Å²) < 4.78 is 0. The molecule has 4 nitrogen and oxygen atoms in total. The molecule has 1 aromatic heterocycles. The molecule has 0 spiro atoms. The molecule has 2 N–H and O–H groups in total. The number of carbonyl (C=O) groups excluding carboxylic acids is 1. The molecular weight excluding hydrogens is 299 g/mol. The van der Waals surface area contributed by atoms with Crippen LogP contribution in [0.25, 0.3) is 0 Å². The van der Waals surface area contributed by atoms with Crippen LogP contribution < -0.4 is 10.9 Å². The first kappa shape index (κ1) is 14.6. The highest BCUT2D eigenvalue weighted by Crippen LogP contribution is 2.10. The average molecular weight is 311 g/mol. The summed E-state index contributed by atoms with van der Waals surface area (Å²) in [5.74, 6) is -0.448. The maximum Gasteiger partial charge on any atom is 0.260 e. The van der Waals surface area contributed by atoms with Gasteiger partial charge < -0.3 is 10.3 Å². The number of halogens is 2. The van der Waals surface area contributed by atoms with Crippen molar-refractivity contribution >= 4 is 29.1 Å². The van der Waals surface area contributed by atoms with Gasteiger partial charge in [0, 0.05) is 17.8 Å². The molecule has 0 aliphatic rings. The lowest BCUT2D eigenvalue weighted by Gasteiger charge is -2.05. The molecule has 0 aliphatic heterocycles. The van der Waals surface area contributed by atoms with Gasteiger partial charge in [0.05, 0.1) is 5.02 Å². The zero-order valence-electron chi connectivity index (χ0n) is 10.5. The van der Waals surface area contributed by atoms with Crippen LogP contribution >= 0.6 is 23.2 Å². The lowest BCUT2D eigenvalue weighted by Crippen LogP contribution is -2.30. The number of aromatic nitrogens is 1. The molecule has 0 radical (unpaired) electrons. The quantitative estimate of drug-likeness (QED) is 0.912. The minimum absolute atomic E-state index is 0.00333. The third kappa shape index (κ3) is 3.85. The summed E-state index contributed by atoms with van der Waals surface area (Å²) in [5.41, 5.74) is 0.552. The molecule has 0 unspecified atom stereocenters. The molecule has 104 valence electrons. The molecule has 0 saturated heterocycles. The highest BCUT2D eigenvalue weighted by atomic mass is 35.5. The number of hydrogen-bond donors (Lipinski definition) is 2. The molecule has 2 aromatic rings. The Hall–Kier alpha value is -1.78. The number of H-pyrrole nitrogens is 1. The summed E-state index contributed by atoms with van der Waals surface area (Å²) in [4.78, 5) is 25.8. The van der Waals surface area contributed by atoms with Crippen molar-refractivity contribution in [2.45, 2.75) is 6.42 Å². The van der Waals surface area contributed by atoms with Gasteiger partial charge in [-0.15, -0.1) is 0 Å². The minimum Gasteiger partial charge on any atom is -0.352 e. The first-order valence-corrected chi connectivity index (χ1v) is 6.73. The molecule has 0 aliphatic carbocycles. The van der Waals surface area contributed by atoms with E-state index in [4.69, 9.17) is 23.2 Å². The maximum absolute atomic E-state index is 11.9. The highest BCUT2D eigenvalue weighted by Gasteiger charge is 2.10. The minimum atomic E-state index is -0.463. The fraction of sp³-hybridized carbons (Fsp3) is 0.143. The van der Waals surface area contributed by atoms with Crippen LogP contribution in [0.15, 0.2) is 41.3 Å². The van der Waals surface area contributed by atoms with Gasteiger partial charge in [-0.2, -0.15) is 0 Å². The van der Waals surface area contributed by atoms with Gasteiger partial charge >= 0.3 is 0 Å². The van der Waals surface area contributed by atoms with Crippen LogP contribution in [0.4, 0.5) is 0 Å². The third-order valence-corrected chi connectivity index (χ3v) is 3.15. The molecule has 1 amide bonds. The van der Waals surface area contributed by atoms with Crippen molar-refractivity contribution in [2.75, 3.05) is 6.54 Å². The zero-order chi connectivity index (χ0) is 14.5. The van der Waals surface area contributed by atoms with E-state index < -0.39 is 11.5 Å². The van der Waals surface area contributed by atoms with Crippen molar-refractivity contribution < 1.29 is 4.79 Å². The van der Waals surface area contributed by atoms with Crippen LogP contribution in [0.5, 0.6) is 0 Å². The van der Waals surface area contributed by atoms with Crippen molar-refractivity contribution in [3.05, 3.63) is 68.1 Å². The second-order valence-corrected chi connectivity index (χ2v) is 5.07. The first-order valence-electron chi connectivity index (χ1n) is 5.97. The molecule has 0 bridgehead atoms. The van der Waals surface area contributed by atoms with Crippen LogP contribution in [0, 0.1) is 0 Å². The van der Waals surface area contributed by atoms with Crippen molar-refractivity contribution in [1.29, 1.82) is 0 Å².